The lowest BCUT2D eigenvalue weighted by Crippen LogP contribution is -2.45. The molecular weight excluding hydrogens is 416 g/mol. The normalized spacial score (nSPS) is 19.6. The van der Waals surface area contributed by atoms with Gasteiger partial charge in [-0.3, -0.25) is 4.79 Å². The van der Waals surface area contributed by atoms with Crippen molar-refractivity contribution in [2.75, 3.05) is 38.1 Å². The third-order valence-corrected chi connectivity index (χ3v) is 6.53. The van der Waals surface area contributed by atoms with Crippen LogP contribution in [0.25, 0.3) is 33.0 Å². The number of piperazine rings is 1. The van der Waals surface area contributed by atoms with Gasteiger partial charge in [-0.25, -0.2) is 9.97 Å². The maximum absolute atomic E-state index is 13.1. The van der Waals surface area contributed by atoms with E-state index in [2.05, 4.69) is 27.1 Å². The lowest BCUT2D eigenvalue weighted by molar-refractivity contribution is -0.116. The number of nitrogens with one attached hydrogen (secondary N) is 2. The zero-order valence-corrected chi connectivity index (χ0v) is 18.2. The van der Waals surface area contributed by atoms with E-state index in [1.165, 1.54) is 0 Å². The van der Waals surface area contributed by atoms with Gasteiger partial charge in [-0.15, -0.1) is 0 Å². The molecule has 2 aromatic heterocycles. The molecule has 1 amide bonds. The highest BCUT2D eigenvalue weighted by atomic mass is 16.3. The smallest absolute Gasteiger partial charge is 0.254 e. The van der Waals surface area contributed by atoms with Crippen LogP contribution in [0, 0.1) is 0 Å². The van der Waals surface area contributed by atoms with E-state index in [1.807, 2.05) is 54.7 Å². The van der Waals surface area contributed by atoms with Crippen molar-refractivity contribution in [2.45, 2.75) is 6.23 Å². The zero-order chi connectivity index (χ0) is 22.5. The number of carbonyl (C=O) groups is 1. The molecule has 166 valence electrons. The van der Waals surface area contributed by atoms with Gasteiger partial charge in [-0.05, 0) is 19.2 Å². The van der Waals surface area contributed by atoms with Crippen LogP contribution in [0.3, 0.4) is 0 Å². The first kappa shape index (κ1) is 19.9. The topological polar surface area (TPSA) is 97.4 Å². The van der Waals surface area contributed by atoms with E-state index >= 15 is 0 Å². The summed E-state index contributed by atoms with van der Waals surface area (Å²) in [6.45, 7) is 3.50. The molecule has 2 aliphatic rings. The van der Waals surface area contributed by atoms with Gasteiger partial charge in [0.15, 0.2) is 6.23 Å². The summed E-state index contributed by atoms with van der Waals surface area (Å²) in [5, 5.41) is 15.4. The van der Waals surface area contributed by atoms with Gasteiger partial charge in [0.1, 0.15) is 0 Å². The minimum atomic E-state index is -1.15. The number of fused-ring (bicyclic) bond motifs is 2. The molecule has 1 unspecified atom stereocenters. The summed E-state index contributed by atoms with van der Waals surface area (Å²) in [6, 6.07) is 15.6. The van der Waals surface area contributed by atoms with E-state index in [0.29, 0.717) is 22.8 Å². The molecule has 0 bridgehead atoms. The quantitative estimate of drug-likeness (QED) is 0.452. The second-order valence-electron chi connectivity index (χ2n) is 8.59. The highest BCUT2D eigenvalue weighted by molar-refractivity contribution is 6.33. The van der Waals surface area contributed by atoms with Gasteiger partial charge in [0, 0.05) is 59.8 Å². The number of para-hydroxylation sites is 2. The minimum Gasteiger partial charge on any atom is -0.369 e. The molecule has 0 aliphatic carbocycles. The molecular formula is C25H24N6O2. The van der Waals surface area contributed by atoms with Crippen molar-refractivity contribution in [3.8, 4) is 0 Å². The Bertz CT molecular complexity index is 1420. The molecule has 8 heteroatoms. The molecule has 3 N–H and O–H groups in total. The number of benzene rings is 2. The Morgan fingerprint density at radius 3 is 2.52 bits per heavy atom. The molecule has 1 saturated heterocycles. The molecule has 0 radical (unpaired) electrons. The number of likely N-dealkylation sites (N-methyl/N-ethyl adjacent to an activating group) is 1. The number of amides is 1. The minimum absolute atomic E-state index is 0.314. The van der Waals surface area contributed by atoms with Crippen molar-refractivity contribution in [3.63, 3.8) is 0 Å². The van der Waals surface area contributed by atoms with Crippen LogP contribution in [-0.2, 0) is 4.79 Å². The Kier molecular flexibility index (Phi) is 4.63. The van der Waals surface area contributed by atoms with Crippen LogP contribution in [0.2, 0.25) is 0 Å². The molecule has 8 nitrogen and oxygen atoms in total. The lowest BCUT2D eigenvalue weighted by Gasteiger charge is -2.32. The third-order valence-electron chi connectivity index (χ3n) is 6.53. The summed E-state index contributed by atoms with van der Waals surface area (Å²) >= 11 is 0. The molecule has 1 fully saturated rings. The summed E-state index contributed by atoms with van der Waals surface area (Å²) in [5.74, 6) is 0.306. The average molecular weight is 441 g/mol. The molecule has 2 aromatic carbocycles. The summed E-state index contributed by atoms with van der Waals surface area (Å²) in [4.78, 5) is 30.5. The zero-order valence-electron chi connectivity index (χ0n) is 18.2. The van der Waals surface area contributed by atoms with Crippen molar-refractivity contribution in [1.82, 2.24) is 25.2 Å². The number of aliphatic hydroxyl groups excluding tert-OH is 1. The van der Waals surface area contributed by atoms with Crippen LogP contribution in [-0.4, -0.2) is 70.3 Å². The first-order valence-corrected chi connectivity index (χ1v) is 11.1. The number of aliphatic hydroxyl groups is 1. The number of anilines is 1. The molecule has 4 heterocycles. The average Bonchev–Trinajstić information content (AvgIpc) is 3.38. The second kappa shape index (κ2) is 7.68. The van der Waals surface area contributed by atoms with Crippen LogP contribution in [0.15, 0.2) is 54.7 Å². The Morgan fingerprint density at radius 1 is 0.970 bits per heavy atom. The molecule has 1 atom stereocenters. The number of carbonyl (C=O) groups excluding carboxylic acids is 1. The largest absolute Gasteiger partial charge is 0.369 e. The molecule has 2 aliphatic heterocycles. The summed E-state index contributed by atoms with van der Waals surface area (Å²) in [7, 11) is 2.11. The third kappa shape index (κ3) is 3.26. The van der Waals surface area contributed by atoms with E-state index < -0.39 is 6.23 Å². The van der Waals surface area contributed by atoms with E-state index in [-0.39, 0.29) is 5.91 Å². The maximum atomic E-state index is 13.1. The van der Waals surface area contributed by atoms with E-state index in [9.17, 15) is 9.90 Å². The molecule has 6 rings (SSSR count). The maximum Gasteiger partial charge on any atom is 0.254 e. The van der Waals surface area contributed by atoms with Gasteiger partial charge in [-0.1, -0.05) is 36.4 Å². The van der Waals surface area contributed by atoms with Crippen LogP contribution < -0.4 is 10.2 Å². The monoisotopic (exact) mass is 440 g/mol. The Morgan fingerprint density at radius 2 is 1.70 bits per heavy atom. The highest BCUT2D eigenvalue weighted by Crippen LogP contribution is 2.38. The van der Waals surface area contributed by atoms with Crippen LogP contribution >= 0.6 is 0 Å². The SMILES string of the molecule is CN1CCN(c2nc(C3=C(c4c[nH]c5ccccc45)C(=O)NC3O)c3ccccc3n2)CC1. The van der Waals surface area contributed by atoms with Crippen molar-refractivity contribution >= 4 is 44.8 Å². The number of H-pyrrole nitrogens is 1. The molecule has 33 heavy (non-hydrogen) atoms. The Hall–Kier alpha value is -3.75. The first-order valence-electron chi connectivity index (χ1n) is 11.1. The van der Waals surface area contributed by atoms with Crippen molar-refractivity contribution in [1.29, 1.82) is 0 Å². The summed E-state index contributed by atoms with van der Waals surface area (Å²) < 4.78 is 0. The molecule has 0 saturated carbocycles. The number of nitrogens with zero attached hydrogens (tertiary/aromatic N) is 4. The van der Waals surface area contributed by atoms with Gasteiger partial charge in [0.25, 0.3) is 5.91 Å². The standard InChI is InChI=1S/C25H24N6O2/c1-30-10-12-31(13-11-30)25-27-19-9-5-3-7-16(19)22(28-25)21-20(23(32)29-24(21)33)17-14-26-18-8-4-2-6-15(17)18/h2-9,14,24,26,33H,10-13H2,1H3,(H,29,32). The fraction of sp³-hybridized carbons (Fsp3) is 0.240. The predicted molar refractivity (Wildman–Crippen MR) is 129 cm³/mol. The van der Waals surface area contributed by atoms with Gasteiger partial charge in [0.2, 0.25) is 5.95 Å². The van der Waals surface area contributed by atoms with Gasteiger partial charge in [0.05, 0.1) is 16.8 Å². The van der Waals surface area contributed by atoms with Crippen LogP contribution in [0.1, 0.15) is 11.3 Å². The van der Waals surface area contributed by atoms with Gasteiger partial charge in [-0.2, -0.15) is 0 Å². The second-order valence-corrected chi connectivity index (χ2v) is 8.59. The van der Waals surface area contributed by atoms with Gasteiger partial charge >= 0.3 is 0 Å². The van der Waals surface area contributed by atoms with E-state index in [1.54, 1.807) is 0 Å². The molecule has 4 aromatic rings. The fourth-order valence-corrected chi connectivity index (χ4v) is 4.74. The number of hydrogen-bond acceptors (Lipinski definition) is 6. The number of aromatic nitrogens is 3. The number of rotatable bonds is 3. The van der Waals surface area contributed by atoms with Crippen molar-refractivity contribution in [3.05, 3.63) is 66.0 Å². The number of hydrogen-bond donors (Lipinski definition) is 3. The van der Waals surface area contributed by atoms with Crippen LogP contribution in [0.4, 0.5) is 5.95 Å². The highest BCUT2D eigenvalue weighted by Gasteiger charge is 2.35. The van der Waals surface area contributed by atoms with Crippen molar-refractivity contribution in [2.24, 2.45) is 0 Å². The fourth-order valence-electron chi connectivity index (χ4n) is 4.74. The van der Waals surface area contributed by atoms with E-state index in [0.717, 1.165) is 53.5 Å². The molecule has 0 spiro atoms. The first-order chi connectivity index (χ1) is 16.1. The lowest BCUT2D eigenvalue weighted by atomic mass is 9.96. The van der Waals surface area contributed by atoms with Crippen LogP contribution in [0.5, 0.6) is 0 Å². The Labute approximate surface area is 190 Å². The summed E-state index contributed by atoms with van der Waals surface area (Å²) in [6.07, 6.45) is 0.669. The predicted octanol–water partition coefficient (Wildman–Crippen LogP) is 2.22. The van der Waals surface area contributed by atoms with E-state index in [4.69, 9.17) is 9.97 Å². The van der Waals surface area contributed by atoms with Gasteiger partial charge < -0.3 is 25.2 Å². The Balaban J connectivity index is 1.59. The van der Waals surface area contributed by atoms with Crippen molar-refractivity contribution < 1.29 is 9.90 Å². The number of aromatic amines is 1. The summed E-state index contributed by atoms with van der Waals surface area (Å²) in [5.41, 5.74) is 3.97.